The van der Waals surface area contributed by atoms with E-state index in [4.69, 9.17) is 14.6 Å². The summed E-state index contributed by atoms with van der Waals surface area (Å²) < 4.78 is 25.8. The molecule has 2 rings (SSSR count). The molecule has 0 aliphatic carbocycles. The Morgan fingerprint density at radius 2 is 1.88 bits per heavy atom. The quantitative estimate of drug-likeness (QED) is 0.522. The summed E-state index contributed by atoms with van der Waals surface area (Å²) in [4.78, 5) is 0. The molecule has 2 aromatic rings. The molecule has 0 fully saturated rings. The molecule has 0 heterocycles. The van der Waals surface area contributed by atoms with Crippen LogP contribution in [0, 0.1) is 5.82 Å². The van der Waals surface area contributed by atoms with Gasteiger partial charge in [0, 0.05) is 23.2 Å². The van der Waals surface area contributed by atoms with E-state index in [0.29, 0.717) is 23.6 Å². The highest BCUT2D eigenvalue weighted by atomic mass is 79.9. The van der Waals surface area contributed by atoms with E-state index in [1.165, 1.54) is 6.07 Å². The van der Waals surface area contributed by atoms with Crippen LogP contribution in [0.3, 0.4) is 0 Å². The van der Waals surface area contributed by atoms with Gasteiger partial charge < -0.3 is 19.9 Å². The van der Waals surface area contributed by atoms with Gasteiger partial charge in [-0.25, -0.2) is 4.39 Å². The lowest BCUT2D eigenvalue weighted by atomic mass is 10.2. The maximum atomic E-state index is 13.7. The molecule has 0 bridgehead atoms. The number of aliphatic hydroxyl groups excluding tert-OH is 1. The van der Waals surface area contributed by atoms with Gasteiger partial charge in [-0.05, 0) is 49.6 Å². The highest BCUT2D eigenvalue weighted by Gasteiger charge is 2.11. The van der Waals surface area contributed by atoms with Crippen molar-refractivity contribution in [1.82, 2.24) is 5.32 Å². The molecule has 6 heteroatoms. The minimum atomic E-state index is -0.285. The molecule has 0 aliphatic heterocycles. The second kappa shape index (κ2) is 11.2. The lowest BCUT2D eigenvalue weighted by Crippen LogP contribution is -2.15. The van der Waals surface area contributed by atoms with Crippen molar-refractivity contribution in [2.45, 2.75) is 32.4 Å². The summed E-state index contributed by atoms with van der Waals surface area (Å²) in [6, 6.07) is 10.3. The number of ether oxygens (including phenoxy) is 2. The number of hydrogen-bond acceptors (Lipinski definition) is 4. The smallest absolute Gasteiger partial charge is 0.162 e. The van der Waals surface area contributed by atoms with Gasteiger partial charge in [-0.3, -0.25) is 0 Å². The number of aliphatic hydroxyl groups is 1. The molecule has 142 valence electrons. The zero-order valence-electron chi connectivity index (χ0n) is 14.9. The molecular weight excluding hydrogens is 401 g/mol. The first-order chi connectivity index (χ1) is 12.7. The van der Waals surface area contributed by atoms with E-state index < -0.39 is 0 Å². The van der Waals surface area contributed by atoms with Crippen LogP contribution < -0.4 is 14.8 Å². The third-order valence-electron chi connectivity index (χ3n) is 4.00. The van der Waals surface area contributed by atoms with E-state index in [-0.39, 0.29) is 19.0 Å². The van der Waals surface area contributed by atoms with Gasteiger partial charge in [-0.1, -0.05) is 34.1 Å². The normalized spacial score (nSPS) is 10.8. The molecule has 2 aromatic carbocycles. The van der Waals surface area contributed by atoms with Gasteiger partial charge in [0.15, 0.2) is 11.5 Å². The maximum absolute atomic E-state index is 13.7. The average Bonchev–Trinajstić information content (AvgIpc) is 2.65. The predicted molar refractivity (Wildman–Crippen MR) is 104 cm³/mol. The molecule has 26 heavy (non-hydrogen) atoms. The van der Waals surface area contributed by atoms with Crippen LogP contribution in [0.1, 0.15) is 30.4 Å². The van der Waals surface area contributed by atoms with Crippen LogP contribution in [0.5, 0.6) is 11.5 Å². The molecule has 0 amide bonds. The third-order valence-corrected chi connectivity index (χ3v) is 4.74. The largest absolute Gasteiger partial charge is 0.493 e. The molecule has 4 nitrogen and oxygen atoms in total. The van der Waals surface area contributed by atoms with Crippen LogP contribution in [-0.2, 0) is 13.2 Å². The van der Waals surface area contributed by atoms with E-state index >= 15 is 0 Å². The van der Waals surface area contributed by atoms with Crippen molar-refractivity contribution in [3.8, 4) is 11.5 Å². The number of benzene rings is 2. The first kappa shape index (κ1) is 20.7. The Morgan fingerprint density at radius 1 is 1.08 bits per heavy atom. The number of rotatable bonds is 11. The van der Waals surface area contributed by atoms with E-state index in [2.05, 4.69) is 21.2 Å². The predicted octanol–water partition coefficient (Wildman–Crippen LogP) is 4.43. The molecule has 0 aliphatic rings. The molecule has 0 saturated heterocycles. The van der Waals surface area contributed by atoms with E-state index in [9.17, 15) is 4.39 Å². The van der Waals surface area contributed by atoms with Gasteiger partial charge in [0.1, 0.15) is 12.4 Å². The lowest BCUT2D eigenvalue weighted by Gasteiger charge is -2.15. The van der Waals surface area contributed by atoms with Crippen LogP contribution in [0.15, 0.2) is 40.9 Å². The minimum Gasteiger partial charge on any atom is -0.493 e. The summed E-state index contributed by atoms with van der Waals surface area (Å²) in [5.41, 5.74) is 1.56. The van der Waals surface area contributed by atoms with Crippen molar-refractivity contribution in [2.75, 3.05) is 20.3 Å². The summed E-state index contributed by atoms with van der Waals surface area (Å²) >= 11 is 3.56. The average molecular weight is 426 g/mol. The number of methoxy groups -OCH3 is 1. The van der Waals surface area contributed by atoms with Crippen LogP contribution in [-0.4, -0.2) is 25.4 Å². The monoisotopic (exact) mass is 425 g/mol. The van der Waals surface area contributed by atoms with Gasteiger partial charge in [-0.2, -0.15) is 0 Å². The SMILES string of the molecule is COc1cc(CNCCCCCO)c(Br)cc1OCc1ccccc1F. The van der Waals surface area contributed by atoms with Crippen molar-refractivity contribution in [2.24, 2.45) is 0 Å². The summed E-state index contributed by atoms with van der Waals surface area (Å²) in [5, 5.41) is 12.2. The van der Waals surface area contributed by atoms with Gasteiger partial charge in [-0.15, -0.1) is 0 Å². The number of unbranched alkanes of at least 4 members (excludes halogenated alkanes) is 2. The van der Waals surface area contributed by atoms with E-state index in [1.54, 1.807) is 25.3 Å². The van der Waals surface area contributed by atoms with Crippen molar-refractivity contribution >= 4 is 15.9 Å². The van der Waals surface area contributed by atoms with Crippen LogP contribution in [0.4, 0.5) is 4.39 Å². The first-order valence-electron chi connectivity index (χ1n) is 8.70. The Kier molecular flexibility index (Phi) is 8.88. The highest BCUT2D eigenvalue weighted by molar-refractivity contribution is 9.10. The molecule has 0 atom stereocenters. The standard InChI is InChI=1S/C20H25BrFNO3/c1-25-19-11-16(13-23-9-5-2-6-10-24)17(21)12-20(19)26-14-15-7-3-4-8-18(15)22/h3-4,7-8,11-12,23-24H,2,5-6,9-10,13-14H2,1H3. The minimum absolute atomic E-state index is 0.137. The zero-order chi connectivity index (χ0) is 18.8. The van der Waals surface area contributed by atoms with Crippen molar-refractivity contribution in [3.63, 3.8) is 0 Å². The van der Waals surface area contributed by atoms with E-state index in [1.807, 2.05) is 12.1 Å². The summed E-state index contributed by atoms with van der Waals surface area (Å²) in [5.74, 6) is 0.892. The van der Waals surface area contributed by atoms with Crippen molar-refractivity contribution < 1.29 is 19.0 Å². The Hall–Kier alpha value is -1.63. The second-order valence-corrected chi connectivity index (χ2v) is 6.79. The van der Waals surface area contributed by atoms with Gasteiger partial charge in [0.05, 0.1) is 7.11 Å². The van der Waals surface area contributed by atoms with Gasteiger partial charge in [0.2, 0.25) is 0 Å². The van der Waals surface area contributed by atoms with Crippen LogP contribution in [0.25, 0.3) is 0 Å². The Bertz CT molecular complexity index is 697. The third kappa shape index (κ3) is 6.27. The second-order valence-electron chi connectivity index (χ2n) is 5.94. The van der Waals surface area contributed by atoms with E-state index in [0.717, 1.165) is 35.8 Å². The number of halogens is 2. The molecule has 2 N–H and O–H groups in total. The Labute approximate surface area is 162 Å². The fraction of sp³-hybridized carbons (Fsp3) is 0.400. The fourth-order valence-corrected chi connectivity index (χ4v) is 2.98. The first-order valence-corrected chi connectivity index (χ1v) is 9.49. The topological polar surface area (TPSA) is 50.7 Å². The Morgan fingerprint density at radius 3 is 2.62 bits per heavy atom. The zero-order valence-corrected chi connectivity index (χ0v) is 16.5. The number of nitrogens with one attached hydrogen (secondary N) is 1. The highest BCUT2D eigenvalue weighted by Crippen LogP contribution is 2.34. The molecule has 0 radical (unpaired) electrons. The summed E-state index contributed by atoms with van der Waals surface area (Å²) in [6.45, 7) is 1.97. The van der Waals surface area contributed by atoms with Crippen LogP contribution >= 0.6 is 15.9 Å². The van der Waals surface area contributed by atoms with Crippen LogP contribution in [0.2, 0.25) is 0 Å². The van der Waals surface area contributed by atoms with Gasteiger partial charge in [0.25, 0.3) is 0 Å². The van der Waals surface area contributed by atoms with Crippen molar-refractivity contribution in [1.29, 1.82) is 0 Å². The lowest BCUT2D eigenvalue weighted by molar-refractivity contribution is 0.279. The number of hydrogen-bond donors (Lipinski definition) is 2. The molecule has 0 aromatic heterocycles. The summed E-state index contributed by atoms with van der Waals surface area (Å²) in [6.07, 6.45) is 2.88. The molecule has 0 saturated carbocycles. The maximum Gasteiger partial charge on any atom is 0.162 e. The molecule has 0 unspecified atom stereocenters. The molecule has 0 spiro atoms. The Balaban J connectivity index is 1.96. The van der Waals surface area contributed by atoms with Crippen molar-refractivity contribution in [3.05, 3.63) is 57.8 Å². The van der Waals surface area contributed by atoms with Gasteiger partial charge >= 0.3 is 0 Å². The fourth-order valence-electron chi connectivity index (χ4n) is 2.52. The summed E-state index contributed by atoms with van der Waals surface area (Å²) in [7, 11) is 1.59. The molecular formula is C20H25BrFNO3.